The van der Waals surface area contributed by atoms with Crippen LogP contribution >= 0.6 is 11.6 Å². The quantitative estimate of drug-likeness (QED) is 0.486. The summed E-state index contributed by atoms with van der Waals surface area (Å²) in [5, 5.41) is 1.53. The predicted molar refractivity (Wildman–Crippen MR) is 104 cm³/mol. The van der Waals surface area contributed by atoms with Crippen LogP contribution in [-0.2, 0) is 0 Å². The second kappa shape index (κ2) is 5.61. The van der Waals surface area contributed by atoms with Crippen molar-refractivity contribution in [2.75, 3.05) is 0 Å². The Morgan fingerprint density at radius 2 is 1.92 bits per heavy atom. The standard InChI is InChI=1S/C20H13ClN4O/c21-13-4-5-17-16(9-13)20-19(23-17)15(10-18(26)24-20)12-2-1-3-14(8-12)25-7-6-22-11-25/h1-11,23H,(H,24,26). The van der Waals surface area contributed by atoms with Crippen molar-refractivity contribution >= 4 is 33.5 Å². The lowest BCUT2D eigenvalue weighted by Gasteiger charge is -2.07. The molecule has 0 aliphatic rings. The largest absolute Gasteiger partial charge is 0.353 e. The summed E-state index contributed by atoms with van der Waals surface area (Å²) in [4.78, 5) is 22.7. The Hall–Kier alpha value is -3.31. The van der Waals surface area contributed by atoms with Crippen molar-refractivity contribution in [3.8, 4) is 16.8 Å². The number of benzene rings is 2. The number of nitrogens with one attached hydrogen (secondary N) is 2. The van der Waals surface area contributed by atoms with Crippen molar-refractivity contribution < 1.29 is 0 Å². The number of rotatable bonds is 2. The van der Waals surface area contributed by atoms with Crippen LogP contribution in [-0.4, -0.2) is 19.5 Å². The third-order valence-corrected chi connectivity index (χ3v) is 4.75. The summed E-state index contributed by atoms with van der Waals surface area (Å²) in [6.07, 6.45) is 5.37. The normalized spacial score (nSPS) is 11.4. The van der Waals surface area contributed by atoms with Crippen molar-refractivity contribution in [3.63, 3.8) is 0 Å². The average Bonchev–Trinajstić information content (AvgIpc) is 3.29. The maximum atomic E-state index is 12.3. The van der Waals surface area contributed by atoms with E-state index in [2.05, 4.69) is 15.0 Å². The van der Waals surface area contributed by atoms with E-state index in [1.165, 1.54) is 0 Å². The first kappa shape index (κ1) is 15.0. The molecular formula is C20H13ClN4O. The van der Waals surface area contributed by atoms with E-state index in [0.717, 1.165) is 38.8 Å². The van der Waals surface area contributed by atoms with Gasteiger partial charge in [-0.1, -0.05) is 23.7 Å². The highest BCUT2D eigenvalue weighted by Gasteiger charge is 2.12. The Morgan fingerprint density at radius 1 is 1.00 bits per heavy atom. The number of hydrogen-bond acceptors (Lipinski definition) is 2. The number of fused-ring (bicyclic) bond motifs is 3. The summed E-state index contributed by atoms with van der Waals surface area (Å²) in [6.45, 7) is 0. The van der Waals surface area contributed by atoms with Crippen molar-refractivity contribution in [1.82, 2.24) is 19.5 Å². The van der Waals surface area contributed by atoms with Gasteiger partial charge in [0, 0.05) is 45.6 Å². The fraction of sp³-hybridized carbons (Fsp3) is 0. The van der Waals surface area contributed by atoms with Crippen LogP contribution < -0.4 is 5.56 Å². The Bertz CT molecular complexity index is 1320. The molecule has 0 spiro atoms. The van der Waals surface area contributed by atoms with Gasteiger partial charge in [0.15, 0.2) is 0 Å². The van der Waals surface area contributed by atoms with E-state index >= 15 is 0 Å². The molecule has 5 nitrogen and oxygen atoms in total. The number of aromatic nitrogens is 4. The van der Waals surface area contributed by atoms with E-state index in [1.54, 1.807) is 18.6 Å². The second-order valence-corrected chi connectivity index (χ2v) is 6.57. The van der Waals surface area contributed by atoms with Crippen molar-refractivity contribution in [1.29, 1.82) is 0 Å². The van der Waals surface area contributed by atoms with E-state index in [9.17, 15) is 4.79 Å². The maximum Gasteiger partial charge on any atom is 0.249 e. The van der Waals surface area contributed by atoms with Gasteiger partial charge in [0.05, 0.1) is 17.4 Å². The lowest BCUT2D eigenvalue weighted by molar-refractivity contribution is 1.06. The number of pyridine rings is 1. The van der Waals surface area contributed by atoms with Gasteiger partial charge in [0.2, 0.25) is 5.56 Å². The summed E-state index contributed by atoms with van der Waals surface area (Å²) in [6, 6.07) is 15.2. The molecule has 5 aromatic rings. The fourth-order valence-corrected chi connectivity index (χ4v) is 3.50. The maximum absolute atomic E-state index is 12.3. The van der Waals surface area contributed by atoms with E-state index in [0.29, 0.717) is 5.02 Å². The van der Waals surface area contributed by atoms with Gasteiger partial charge in [0.25, 0.3) is 0 Å². The third-order valence-electron chi connectivity index (χ3n) is 4.51. The lowest BCUT2D eigenvalue weighted by atomic mass is 10.0. The summed E-state index contributed by atoms with van der Waals surface area (Å²) in [5.41, 5.74) is 5.19. The Labute approximate surface area is 152 Å². The molecule has 0 radical (unpaired) electrons. The van der Waals surface area contributed by atoms with E-state index < -0.39 is 0 Å². The highest BCUT2D eigenvalue weighted by molar-refractivity contribution is 6.31. The van der Waals surface area contributed by atoms with Crippen LogP contribution in [0.15, 0.2) is 72.0 Å². The van der Waals surface area contributed by atoms with E-state index in [1.807, 2.05) is 53.2 Å². The molecule has 0 unspecified atom stereocenters. The molecule has 0 aliphatic heterocycles. The van der Waals surface area contributed by atoms with E-state index in [-0.39, 0.29) is 5.56 Å². The molecule has 6 heteroatoms. The summed E-state index contributed by atoms with van der Waals surface area (Å²) < 4.78 is 1.93. The fourth-order valence-electron chi connectivity index (χ4n) is 3.33. The summed E-state index contributed by atoms with van der Waals surface area (Å²) in [7, 11) is 0. The average molecular weight is 361 g/mol. The van der Waals surface area contributed by atoms with Crippen LogP contribution in [0, 0.1) is 0 Å². The third kappa shape index (κ3) is 2.33. The Kier molecular flexibility index (Phi) is 3.23. The van der Waals surface area contributed by atoms with Gasteiger partial charge in [0.1, 0.15) is 0 Å². The molecule has 0 bridgehead atoms. The number of aromatic amines is 2. The number of imidazole rings is 1. The van der Waals surface area contributed by atoms with Crippen LogP contribution in [0.3, 0.4) is 0 Å². The minimum Gasteiger partial charge on any atom is -0.353 e. The van der Waals surface area contributed by atoms with Gasteiger partial charge in [-0.2, -0.15) is 0 Å². The molecule has 2 N–H and O–H groups in total. The Balaban J connectivity index is 1.81. The van der Waals surface area contributed by atoms with Crippen LogP contribution in [0.5, 0.6) is 0 Å². The van der Waals surface area contributed by atoms with Gasteiger partial charge in [-0.15, -0.1) is 0 Å². The molecule has 0 saturated heterocycles. The number of halogens is 1. The first-order valence-corrected chi connectivity index (χ1v) is 8.50. The molecule has 2 aromatic carbocycles. The minimum absolute atomic E-state index is 0.151. The van der Waals surface area contributed by atoms with Crippen LogP contribution in [0.4, 0.5) is 0 Å². The van der Waals surface area contributed by atoms with Crippen LogP contribution in [0.2, 0.25) is 5.02 Å². The van der Waals surface area contributed by atoms with Crippen molar-refractivity contribution in [3.05, 3.63) is 82.6 Å². The number of hydrogen-bond donors (Lipinski definition) is 2. The zero-order valence-corrected chi connectivity index (χ0v) is 14.3. The Morgan fingerprint density at radius 3 is 2.77 bits per heavy atom. The monoisotopic (exact) mass is 360 g/mol. The first-order valence-electron chi connectivity index (χ1n) is 8.12. The molecule has 3 aromatic heterocycles. The molecule has 26 heavy (non-hydrogen) atoms. The molecule has 5 rings (SSSR count). The second-order valence-electron chi connectivity index (χ2n) is 6.13. The summed E-state index contributed by atoms with van der Waals surface area (Å²) >= 11 is 6.14. The topological polar surface area (TPSA) is 66.5 Å². The number of H-pyrrole nitrogens is 2. The summed E-state index contributed by atoms with van der Waals surface area (Å²) in [5.74, 6) is 0. The zero-order valence-electron chi connectivity index (χ0n) is 13.5. The molecule has 0 saturated carbocycles. The highest BCUT2D eigenvalue weighted by Crippen LogP contribution is 2.32. The van der Waals surface area contributed by atoms with Crippen LogP contribution in [0.25, 0.3) is 38.8 Å². The van der Waals surface area contributed by atoms with Gasteiger partial charge < -0.3 is 14.5 Å². The predicted octanol–water partition coefficient (Wildman–Crippen LogP) is 4.52. The van der Waals surface area contributed by atoms with Gasteiger partial charge >= 0.3 is 0 Å². The van der Waals surface area contributed by atoms with Gasteiger partial charge in [-0.3, -0.25) is 4.79 Å². The molecule has 0 atom stereocenters. The SMILES string of the molecule is O=c1cc(-c2cccc(-n3ccnc3)c2)c2[nH]c3ccc(Cl)cc3c2[nH]1. The minimum atomic E-state index is -0.151. The molecule has 0 aliphatic carbocycles. The smallest absolute Gasteiger partial charge is 0.249 e. The van der Waals surface area contributed by atoms with Crippen molar-refractivity contribution in [2.45, 2.75) is 0 Å². The van der Waals surface area contributed by atoms with Crippen LogP contribution in [0.1, 0.15) is 0 Å². The molecule has 0 fully saturated rings. The lowest BCUT2D eigenvalue weighted by Crippen LogP contribution is -2.04. The van der Waals surface area contributed by atoms with Gasteiger partial charge in [-0.05, 0) is 35.9 Å². The first-order chi connectivity index (χ1) is 12.7. The molecule has 126 valence electrons. The van der Waals surface area contributed by atoms with Crippen molar-refractivity contribution in [2.24, 2.45) is 0 Å². The zero-order chi connectivity index (χ0) is 17.7. The highest BCUT2D eigenvalue weighted by atomic mass is 35.5. The molecular weight excluding hydrogens is 348 g/mol. The molecule has 3 heterocycles. The van der Waals surface area contributed by atoms with Gasteiger partial charge in [-0.25, -0.2) is 4.98 Å². The van der Waals surface area contributed by atoms with E-state index in [4.69, 9.17) is 11.6 Å². The molecule has 0 amide bonds. The number of nitrogens with zero attached hydrogens (tertiary/aromatic N) is 2.